The molecule has 1 rings (SSSR count). The highest BCUT2D eigenvalue weighted by Gasteiger charge is 2.01. The third-order valence-electron chi connectivity index (χ3n) is 2.39. The van der Waals surface area contributed by atoms with Crippen LogP contribution in [-0.2, 0) is 6.54 Å². The average molecular weight is 260 g/mol. The highest BCUT2D eigenvalue weighted by Crippen LogP contribution is 2.05. The van der Waals surface area contributed by atoms with Crippen LogP contribution in [-0.4, -0.2) is 25.0 Å². The number of benzene rings is 1. The molecule has 0 spiro atoms. The van der Waals surface area contributed by atoms with Crippen LogP contribution in [0.4, 0.5) is 0 Å². The number of carbonyl (C=O) groups excluding carboxylic acids is 1. The van der Waals surface area contributed by atoms with E-state index in [2.05, 4.69) is 22.2 Å². The molecule has 4 N–H and O–H groups in total. The van der Waals surface area contributed by atoms with Gasteiger partial charge in [0.1, 0.15) is 0 Å². The van der Waals surface area contributed by atoms with Crippen LogP contribution in [0.1, 0.15) is 22.8 Å². The number of rotatable bonds is 6. The lowest BCUT2D eigenvalue weighted by atomic mass is 10.1. The zero-order valence-electron chi connectivity index (χ0n) is 11.1. The van der Waals surface area contributed by atoms with Crippen molar-refractivity contribution in [2.45, 2.75) is 13.5 Å². The Balaban J connectivity index is 2.73. The third-order valence-corrected chi connectivity index (χ3v) is 2.39. The highest BCUT2D eigenvalue weighted by atomic mass is 16.1. The number of nitrogens with two attached hydrogens (primary N) is 1. The molecule has 0 unspecified atom stereocenters. The summed E-state index contributed by atoms with van der Waals surface area (Å²) in [6, 6.07) is 7.15. The van der Waals surface area contributed by atoms with Gasteiger partial charge in [0, 0.05) is 18.7 Å². The first kappa shape index (κ1) is 14.8. The molecule has 5 nitrogen and oxygen atoms in total. The van der Waals surface area contributed by atoms with Gasteiger partial charge in [0.05, 0.1) is 6.54 Å². The van der Waals surface area contributed by atoms with Crippen molar-refractivity contribution >= 4 is 11.9 Å². The van der Waals surface area contributed by atoms with E-state index in [0.717, 1.165) is 12.1 Å². The van der Waals surface area contributed by atoms with Crippen LogP contribution in [0, 0.1) is 0 Å². The van der Waals surface area contributed by atoms with Gasteiger partial charge in [-0.05, 0) is 24.6 Å². The number of nitrogens with one attached hydrogen (secondary N) is 2. The van der Waals surface area contributed by atoms with E-state index in [9.17, 15) is 4.79 Å². The first-order chi connectivity index (χ1) is 9.17. The Morgan fingerprint density at radius 1 is 1.47 bits per heavy atom. The summed E-state index contributed by atoms with van der Waals surface area (Å²) < 4.78 is 0. The van der Waals surface area contributed by atoms with Crippen molar-refractivity contribution in [1.29, 1.82) is 0 Å². The molecule has 1 aromatic carbocycles. The lowest BCUT2D eigenvalue weighted by Gasteiger charge is -2.09. The molecule has 0 bridgehead atoms. The number of guanidine groups is 1. The average Bonchev–Trinajstić information content (AvgIpc) is 2.42. The smallest absolute Gasteiger partial charge is 0.248 e. The molecule has 0 saturated heterocycles. The normalized spacial score (nSPS) is 10.9. The predicted molar refractivity (Wildman–Crippen MR) is 78.0 cm³/mol. The summed E-state index contributed by atoms with van der Waals surface area (Å²) in [5, 5.41) is 6.23. The molecule has 0 aliphatic rings. The molecule has 0 heterocycles. The third kappa shape index (κ3) is 5.25. The summed E-state index contributed by atoms with van der Waals surface area (Å²) in [5.41, 5.74) is 6.68. The Kier molecular flexibility index (Phi) is 6.15. The molecular weight excluding hydrogens is 240 g/mol. The van der Waals surface area contributed by atoms with Gasteiger partial charge in [0.15, 0.2) is 5.96 Å². The highest BCUT2D eigenvalue weighted by molar-refractivity contribution is 5.92. The molecular formula is C14H20N4O. The molecule has 1 aromatic rings. The number of amides is 1. The van der Waals surface area contributed by atoms with Gasteiger partial charge in [-0.3, -0.25) is 4.79 Å². The monoisotopic (exact) mass is 260 g/mol. The van der Waals surface area contributed by atoms with Gasteiger partial charge in [-0.15, -0.1) is 6.58 Å². The van der Waals surface area contributed by atoms with Crippen molar-refractivity contribution in [2.24, 2.45) is 10.7 Å². The van der Waals surface area contributed by atoms with E-state index in [-0.39, 0.29) is 0 Å². The molecule has 0 aliphatic heterocycles. The molecule has 0 radical (unpaired) electrons. The minimum atomic E-state index is -0.428. The molecule has 5 heteroatoms. The summed E-state index contributed by atoms with van der Waals surface area (Å²) in [5.74, 6) is 0.286. The molecule has 0 atom stereocenters. The maximum absolute atomic E-state index is 11.1. The summed E-state index contributed by atoms with van der Waals surface area (Å²) in [7, 11) is 0. The van der Waals surface area contributed by atoms with Gasteiger partial charge < -0.3 is 16.4 Å². The summed E-state index contributed by atoms with van der Waals surface area (Å²) in [6.07, 6.45) is 1.76. The Bertz CT molecular complexity index is 468. The Hall–Kier alpha value is -2.30. The Morgan fingerprint density at radius 3 is 2.89 bits per heavy atom. The SMILES string of the molecule is C=CCNC(=NCc1cccc(C(N)=O)c1)NCC. The maximum atomic E-state index is 11.1. The Morgan fingerprint density at radius 2 is 2.26 bits per heavy atom. The molecule has 0 saturated carbocycles. The van der Waals surface area contributed by atoms with Crippen molar-refractivity contribution in [3.8, 4) is 0 Å². The van der Waals surface area contributed by atoms with Crippen molar-refractivity contribution in [3.63, 3.8) is 0 Å². The molecule has 1 amide bonds. The Labute approximate surface area is 113 Å². The standard InChI is InChI=1S/C14H20N4O/c1-3-8-17-14(16-4-2)18-10-11-6-5-7-12(9-11)13(15)19/h3,5-7,9H,1,4,8,10H2,2H3,(H2,15,19)(H2,16,17,18). The number of hydrogen-bond acceptors (Lipinski definition) is 2. The first-order valence-electron chi connectivity index (χ1n) is 6.19. The van der Waals surface area contributed by atoms with Crippen molar-refractivity contribution in [3.05, 3.63) is 48.0 Å². The van der Waals surface area contributed by atoms with Crippen LogP contribution in [0.25, 0.3) is 0 Å². The second-order valence-electron chi connectivity index (χ2n) is 3.93. The van der Waals surface area contributed by atoms with Gasteiger partial charge in [-0.2, -0.15) is 0 Å². The first-order valence-corrected chi connectivity index (χ1v) is 6.19. The number of hydrogen-bond donors (Lipinski definition) is 3. The fourth-order valence-electron chi connectivity index (χ4n) is 1.50. The molecule has 0 aliphatic carbocycles. The van der Waals surface area contributed by atoms with E-state index in [1.807, 2.05) is 13.0 Å². The van der Waals surface area contributed by atoms with Crippen molar-refractivity contribution in [1.82, 2.24) is 10.6 Å². The summed E-state index contributed by atoms with van der Waals surface area (Å²) in [4.78, 5) is 15.5. The summed E-state index contributed by atoms with van der Waals surface area (Å²) >= 11 is 0. The second kappa shape index (κ2) is 7.92. The van der Waals surface area contributed by atoms with E-state index in [1.54, 1.807) is 24.3 Å². The second-order valence-corrected chi connectivity index (χ2v) is 3.93. The quantitative estimate of drug-likeness (QED) is 0.406. The van der Waals surface area contributed by atoms with Crippen LogP contribution in [0.15, 0.2) is 41.9 Å². The van der Waals surface area contributed by atoms with Crippen LogP contribution in [0.2, 0.25) is 0 Å². The van der Waals surface area contributed by atoms with Crippen LogP contribution in [0.3, 0.4) is 0 Å². The van der Waals surface area contributed by atoms with E-state index in [1.165, 1.54) is 0 Å². The van der Waals surface area contributed by atoms with Crippen LogP contribution < -0.4 is 16.4 Å². The van der Waals surface area contributed by atoms with E-state index in [4.69, 9.17) is 5.73 Å². The van der Waals surface area contributed by atoms with Gasteiger partial charge in [-0.1, -0.05) is 18.2 Å². The fourth-order valence-corrected chi connectivity index (χ4v) is 1.50. The van der Waals surface area contributed by atoms with Crippen LogP contribution >= 0.6 is 0 Å². The lowest BCUT2D eigenvalue weighted by Crippen LogP contribution is -2.37. The molecule has 0 aromatic heterocycles. The van der Waals surface area contributed by atoms with Gasteiger partial charge >= 0.3 is 0 Å². The molecule has 0 fully saturated rings. The largest absolute Gasteiger partial charge is 0.366 e. The molecule has 19 heavy (non-hydrogen) atoms. The zero-order valence-corrected chi connectivity index (χ0v) is 11.1. The van der Waals surface area contributed by atoms with Crippen molar-refractivity contribution in [2.75, 3.05) is 13.1 Å². The van der Waals surface area contributed by atoms with E-state index < -0.39 is 5.91 Å². The summed E-state index contributed by atoms with van der Waals surface area (Å²) in [6.45, 7) is 7.55. The van der Waals surface area contributed by atoms with Gasteiger partial charge in [-0.25, -0.2) is 4.99 Å². The van der Waals surface area contributed by atoms with E-state index in [0.29, 0.717) is 24.6 Å². The van der Waals surface area contributed by atoms with Crippen molar-refractivity contribution < 1.29 is 4.79 Å². The van der Waals surface area contributed by atoms with Gasteiger partial charge in [0.25, 0.3) is 0 Å². The maximum Gasteiger partial charge on any atom is 0.248 e. The lowest BCUT2D eigenvalue weighted by molar-refractivity contribution is 0.1000. The fraction of sp³-hybridized carbons (Fsp3) is 0.286. The number of carbonyl (C=O) groups is 1. The van der Waals surface area contributed by atoms with Gasteiger partial charge in [0.2, 0.25) is 5.91 Å². The van der Waals surface area contributed by atoms with Crippen LogP contribution in [0.5, 0.6) is 0 Å². The number of primary amides is 1. The number of aliphatic imine (C=N–C) groups is 1. The predicted octanol–water partition coefficient (Wildman–Crippen LogP) is 1.03. The minimum Gasteiger partial charge on any atom is -0.366 e. The minimum absolute atomic E-state index is 0.428. The van der Waals surface area contributed by atoms with E-state index >= 15 is 0 Å². The zero-order chi connectivity index (χ0) is 14.1. The topological polar surface area (TPSA) is 79.5 Å². The molecule has 102 valence electrons. The number of nitrogens with zero attached hydrogens (tertiary/aromatic N) is 1.